The van der Waals surface area contributed by atoms with Gasteiger partial charge in [-0.25, -0.2) is 4.98 Å². The van der Waals surface area contributed by atoms with Crippen molar-refractivity contribution in [2.24, 2.45) is 5.92 Å². The summed E-state index contributed by atoms with van der Waals surface area (Å²) >= 11 is 12.2. The van der Waals surface area contributed by atoms with Crippen molar-refractivity contribution in [3.8, 4) is 0 Å². The first kappa shape index (κ1) is 17.4. The topological polar surface area (TPSA) is 48.5 Å². The molecule has 136 valence electrons. The average molecular weight is 383 g/mol. The summed E-state index contributed by atoms with van der Waals surface area (Å²) in [6.07, 6.45) is 7.73. The summed E-state index contributed by atoms with van der Waals surface area (Å²) < 4.78 is 0. The maximum Gasteiger partial charge on any atom is 0.239 e. The van der Waals surface area contributed by atoms with E-state index in [9.17, 15) is 4.79 Å². The van der Waals surface area contributed by atoms with Crippen molar-refractivity contribution >= 4 is 34.9 Å². The molecule has 3 heterocycles. The van der Waals surface area contributed by atoms with E-state index in [1.54, 1.807) is 12.3 Å². The Morgan fingerprint density at radius 2 is 1.92 bits per heavy atom. The van der Waals surface area contributed by atoms with Crippen molar-refractivity contribution in [1.29, 1.82) is 0 Å². The molecule has 7 heteroatoms. The number of halogens is 2. The number of aromatic nitrogens is 1. The summed E-state index contributed by atoms with van der Waals surface area (Å²) in [4.78, 5) is 21.4. The van der Waals surface area contributed by atoms with Gasteiger partial charge in [-0.3, -0.25) is 4.79 Å². The Hall–Kier alpha value is -1.04. The summed E-state index contributed by atoms with van der Waals surface area (Å²) in [6.45, 7) is 2.93. The highest BCUT2D eigenvalue weighted by Gasteiger charge is 2.40. The average Bonchev–Trinajstić information content (AvgIpc) is 3.05. The maximum absolute atomic E-state index is 12.9. The number of carbonyl (C=O) groups excluding carboxylic acids is 1. The Labute approximate surface area is 158 Å². The molecule has 1 saturated carbocycles. The van der Waals surface area contributed by atoms with E-state index in [4.69, 9.17) is 23.2 Å². The van der Waals surface area contributed by atoms with Crippen molar-refractivity contribution in [2.75, 3.05) is 31.1 Å². The molecule has 25 heavy (non-hydrogen) atoms. The molecule has 3 fully saturated rings. The summed E-state index contributed by atoms with van der Waals surface area (Å²) in [5.41, 5.74) is 0. The third-order valence-corrected chi connectivity index (χ3v) is 6.32. The SMILES string of the molecule is O=C(C1CC2CCCCC2N1)N1CCN(c2ncc(Cl)cc2Cl)CC1. The van der Waals surface area contributed by atoms with E-state index in [1.165, 1.54) is 25.7 Å². The molecule has 5 nitrogen and oxygen atoms in total. The normalized spacial score (nSPS) is 29.6. The van der Waals surface area contributed by atoms with Gasteiger partial charge >= 0.3 is 0 Å². The van der Waals surface area contributed by atoms with Crippen LogP contribution in [0.15, 0.2) is 12.3 Å². The minimum absolute atomic E-state index is 0.0110. The van der Waals surface area contributed by atoms with Gasteiger partial charge in [-0.2, -0.15) is 0 Å². The van der Waals surface area contributed by atoms with Crippen LogP contribution in [0.25, 0.3) is 0 Å². The minimum atomic E-state index is 0.0110. The summed E-state index contributed by atoms with van der Waals surface area (Å²) in [6, 6.07) is 2.28. The molecular weight excluding hydrogens is 359 g/mol. The standard InChI is InChI=1S/C18H24Cl2N4O/c19-13-10-14(20)17(21-11-13)23-5-7-24(8-6-23)18(25)16-9-12-3-1-2-4-15(12)22-16/h10-12,15-16,22H,1-9H2. The lowest BCUT2D eigenvalue weighted by Gasteiger charge is -2.37. The van der Waals surface area contributed by atoms with Gasteiger partial charge in [-0.1, -0.05) is 36.0 Å². The first-order valence-corrected chi connectivity index (χ1v) is 9.98. The Morgan fingerprint density at radius 3 is 2.64 bits per heavy atom. The molecule has 0 spiro atoms. The molecule has 4 rings (SSSR count). The zero-order chi connectivity index (χ0) is 17.4. The highest BCUT2D eigenvalue weighted by Crippen LogP contribution is 2.34. The van der Waals surface area contributed by atoms with Crippen LogP contribution in [0.1, 0.15) is 32.1 Å². The number of fused-ring (bicyclic) bond motifs is 1. The fourth-order valence-electron chi connectivity index (χ4n) is 4.51. The lowest BCUT2D eigenvalue weighted by Crippen LogP contribution is -2.53. The number of amides is 1. The van der Waals surface area contributed by atoms with Crippen LogP contribution in [-0.2, 0) is 4.79 Å². The van der Waals surface area contributed by atoms with Crippen LogP contribution in [0.5, 0.6) is 0 Å². The number of anilines is 1. The zero-order valence-corrected chi connectivity index (χ0v) is 15.8. The minimum Gasteiger partial charge on any atom is -0.352 e. The first-order valence-electron chi connectivity index (χ1n) is 9.22. The number of hydrogen-bond acceptors (Lipinski definition) is 4. The second-order valence-electron chi connectivity index (χ2n) is 7.38. The van der Waals surface area contributed by atoms with Crippen LogP contribution in [0.4, 0.5) is 5.82 Å². The number of pyridine rings is 1. The summed E-state index contributed by atoms with van der Waals surface area (Å²) in [7, 11) is 0. The van der Waals surface area contributed by atoms with Crippen LogP contribution in [-0.4, -0.2) is 54.1 Å². The van der Waals surface area contributed by atoms with Gasteiger partial charge in [0.2, 0.25) is 5.91 Å². The van der Waals surface area contributed by atoms with Gasteiger partial charge in [0.1, 0.15) is 5.82 Å². The smallest absolute Gasteiger partial charge is 0.239 e. The molecule has 1 aromatic rings. The van der Waals surface area contributed by atoms with E-state index in [0.717, 1.165) is 25.3 Å². The van der Waals surface area contributed by atoms with Crippen molar-refractivity contribution in [3.63, 3.8) is 0 Å². The molecule has 1 aliphatic carbocycles. The Kier molecular flexibility index (Phi) is 5.07. The molecule has 0 aromatic carbocycles. The molecule has 3 atom stereocenters. The molecule has 2 saturated heterocycles. The molecule has 2 aliphatic heterocycles. The monoisotopic (exact) mass is 382 g/mol. The van der Waals surface area contributed by atoms with Crippen LogP contribution < -0.4 is 10.2 Å². The Morgan fingerprint density at radius 1 is 1.16 bits per heavy atom. The predicted octanol–water partition coefficient (Wildman–Crippen LogP) is 2.96. The Bertz CT molecular complexity index is 634. The van der Waals surface area contributed by atoms with Crippen molar-refractivity contribution < 1.29 is 4.79 Å². The Balaban J connectivity index is 1.34. The van der Waals surface area contributed by atoms with Gasteiger partial charge in [-0.15, -0.1) is 0 Å². The van der Waals surface area contributed by atoms with Gasteiger partial charge in [0.25, 0.3) is 0 Å². The van der Waals surface area contributed by atoms with Gasteiger partial charge in [0.05, 0.1) is 16.1 Å². The lowest BCUT2D eigenvalue weighted by molar-refractivity contribution is -0.133. The van der Waals surface area contributed by atoms with Crippen LogP contribution in [0, 0.1) is 5.92 Å². The fraction of sp³-hybridized carbons (Fsp3) is 0.667. The van der Waals surface area contributed by atoms with Crippen LogP contribution in [0.2, 0.25) is 10.0 Å². The van der Waals surface area contributed by atoms with Gasteiger partial charge in [0.15, 0.2) is 0 Å². The van der Waals surface area contributed by atoms with Crippen molar-refractivity contribution in [3.05, 3.63) is 22.3 Å². The number of nitrogens with zero attached hydrogens (tertiary/aromatic N) is 3. The van der Waals surface area contributed by atoms with Gasteiger partial charge in [0, 0.05) is 38.4 Å². The number of carbonyl (C=O) groups is 1. The van der Waals surface area contributed by atoms with E-state index in [0.29, 0.717) is 35.1 Å². The van der Waals surface area contributed by atoms with Gasteiger partial charge < -0.3 is 15.1 Å². The van der Waals surface area contributed by atoms with Gasteiger partial charge in [-0.05, 0) is 31.2 Å². The van der Waals surface area contributed by atoms with E-state index >= 15 is 0 Å². The number of piperazine rings is 1. The maximum atomic E-state index is 12.9. The van der Waals surface area contributed by atoms with E-state index in [1.807, 2.05) is 4.90 Å². The number of nitrogens with one attached hydrogen (secondary N) is 1. The van der Waals surface area contributed by atoms with Crippen molar-refractivity contribution in [2.45, 2.75) is 44.2 Å². The number of hydrogen-bond donors (Lipinski definition) is 1. The molecule has 0 bridgehead atoms. The molecule has 3 aliphatic rings. The molecule has 3 unspecified atom stereocenters. The largest absolute Gasteiger partial charge is 0.352 e. The zero-order valence-electron chi connectivity index (χ0n) is 14.3. The predicted molar refractivity (Wildman–Crippen MR) is 100 cm³/mol. The molecule has 1 amide bonds. The lowest BCUT2D eigenvalue weighted by atomic mass is 9.85. The van der Waals surface area contributed by atoms with E-state index < -0.39 is 0 Å². The van der Waals surface area contributed by atoms with E-state index in [-0.39, 0.29) is 11.9 Å². The fourth-order valence-corrected chi connectivity index (χ4v) is 5.01. The third kappa shape index (κ3) is 3.60. The highest BCUT2D eigenvalue weighted by molar-refractivity contribution is 6.36. The molecular formula is C18H24Cl2N4O. The molecule has 1 aromatic heterocycles. The number of rotatable bonds is 2. The first-order chi connectivity index (χ1) is 12.1. The second kappa shape index (κ2) is 7.29. The molecule has 0 radical (unpaired) electrons. The quantitative estimate of drug-likeness (QED) is 0.853. The molecule has 1 N–H and O–H groups in total. The van der Waals surface area contributed by atoms with Crippen molar-refractivity contribution in [1.82, 2.24) is 15.2 Å². The highest BCUT2D eigenvalue weighted by atomic mass is 35.5. The summed E-state index contributed by atoms with van der Waals surface area (Å²) in [5, 5.41) is 4.70. The van der Waals surface area contributed by atoms with Crippen LogP contribution in [0.3, 0.4) is 0 Å². The summed E-state index contributed by atoms with van der Waals surface area (Å²) in [5.74, 6) is 1.72. The third-order valence-electron chi connectivity index (χ3n) is 5.84. The van der Waals surface area contributed by atoms with E-state index in [2.05, 4.69) is 15.2 Å². The van der Waals surface area contributed by atoms with Crippen LogP contribution >= 0.6 is 23.2 Å². The second-order valence-corrected chi connectivity index (χ2v) is 8.22.